The first-order valence-electron chi connectivity index (χ1n) is 6.77. The van der Waals surface area contributed by atoms with Crippen molar-refractivity contribution in [3.63, 3.8) is 0 Å². The molecule has 0 spiro atoms. The number of hydrogen-bond acceptors (Lipinski definition) is 2. The van der Waals surface area contributed by atoms with Crippen LogP contribution in [0.15, 0.2) is 24.3 Å². The molecule has 102 valence electrons. The Bertz CT molecular complexity index is 337. The molecule has 1 atom stereocenters. The quantitative estimate of drug-likeness (QED) is 0.779. The zero-order valence-corrected chi connectivity index (χ0v) is 12.4. The SMILES string of the molecule is COc1ccc(CCNCC(C)C(C)(C)C)cc1. The summed E-state index contributed by atoms with van der Waals surface area (Å²) in [6.07, 6.45) is 1.07. The van der Waals surface area contributed by atoms with Crippen molar-refractivity contribution in [3.8, 4) is 5.75 Å². The summed E-state index contributed by atoms with van der Waals surface area (Å²) in [5, 5.41) is 3.54. The van der Waals surface area contributed by atoms with E-state index < -0.39 is 0 Å². The fourth-order valence-electron chi connectivity index (χ4n) is 1.65. The van der Waals surface area contributed by atoms with Gasteiger partial charge in [-0.05, 0) is 48.5 Å². The summed E-state index contributed by atoms with van der Waals surface area (Å²) in [5.41, 5.74) is 1.74. The molecule has 0 radical (unpaired) electrons. The van der Waals surface area contributed by atoms with Crippen LogP contribution in [-0.4, -0.2) is 20.2 Å². The van der Waals surface area contributed by atoms with Crippen LogP contribution in [0.4, 0.5) is 0 Å². The molecule has 1 unspecified atom stereocenters. The van der Waals surface area contributed by atoms with E-state index in [2.05, 4.69) is 45.1 Å². The Balaban J connectivity index is 2.25. The molecule has 0 fully saturated rings. The Morgan fingerprint density at radius 1 is 1.17 bits per heavy atom. The predicted molar refractivity (Wildman–Crippen MR) is 78.2 cm³/mol. The molecule has 0 bridgehead atoms. The van der Waals surface area contributed by atoms with E-state index in [1.54, 1.807) is 7.11 Å². The van der Waals surface area contributed by atoms with Crippen LogP contribution in [0.3, 0.4) is 0 Å². The molecule has 1 aromatic carbocycles. The molecule has 0 saturated carbocycles. The molecule has 1 N–H and O–H groups in total. The van der Waals surface area contributed by atoms with Gasteiger partial charge in [0.05, 0.1) is 7.11 Å². The highest BCUT2D eigenvalue weighted by Gasteiger charge is 2.18. The lowest BCUT2D eigenvalue weighted by atomic mass is 9.82. The molecule has 2 heteroatoms. The van der Waals surface area contributed by atoms with Crippen LogP contribution in [0.5, 0.6) is 5.75 Å². The Morgan fingerprint density at radius 3 is 2.28 bits per heavy atom. The molecule has 1 rings (SSSR count). The molecule has 0 amide bonds. The summed E-state index contributed by atoms with van der Waals surface area (Å²) in [6, 6.07) is 8.31. The van der Waals surface area contributed by atoms with Crippen LogP contribution in [0, 0.1) is 11.3 Å². The Labute approximate surface area is 112 Å². The smallest absolute Gasteiger partial charge is 0.118 e. The van der Waals surface area contributed by atoms with Crippen LogP contribution in [0.2, 0.25) is 0 Å². The van der Waals surface area contributed by atoms with E-state index >= 15 is 0 Å². The summed E-state index contributed by atoms with van der Waals surface area (Å²) < 4.78 is 5.15. The fraction of sp³-hybridized carbons (Fsp3) is 0.625. The highest BCUT2D eigenvalue weighted by molar-refractivity contribution is 5.27. The first-order valence-corrected chi connectivity index (χ1v) is 6.77. The van der Waals surface area contributed by atoms with Crippen LogP contribution < -0.4 is 10.1 Å². The van der Waals surface area contributed by atoms with Crippen LogP contribution in [0.25, 0.3) is 0 Å². The van der Waals surface area contributed by atoms with E-state index in [1.807, 2.05) is 12.1 Å². The van der Waals surface area contributed by atoms with Gasteiger partial charge in [0.25, 0.3) is 0 Å². The van der Waals surface area contributed by atoms with E-state index in [0.29, 0.717) is 11.3 Å². The molecule has 0 aliphatic rings. The van der Waals surface area contributed by atoms with E-state index in [1.165, 1.54) is 5.56 Å². The lowest BCUT2D eigenvalue weighted by Crippen LogP contribution is -2.30. The summed E-state index contributed by atoms with van der Waals surface area (Å²) >= 11 is 0. The molecule has 0 aliphatic carbocycles. The summed E-state index contributed by atoms with van der Waals surface area (Å²) in [5.74, 6) is 1.61. The van der Waals surface area contributed by atoms with Crippen molar-refractivity contribution in [2.75, 3.05) is 20.2 Å². The second-order valence-corrected chi connectivity index (χ2v) is 6.07. The Morgan fingerprint density at radius 2 is 1.78 bits per heavy atom. The number of methoxy groups -OCH3 is 1. The second kappa shape index (κ2) is 6.79. The van der Waals surface area contributed by atoms with Gasteiger partial charge in [-0.1, -0.05) is 39.8 Å². The number of nitrogens with one attached hydrogen (secondary N) is 1. The molecular formula is C16H27NO. The topological polar surface area (TPSA) is 21.3 Å². The monoisotopic (exact) mass is 249 g/mol. The van der Waals surface area contributed by atoms with Gasteiger partial charge in [0.1, 0.15) is 5.75 Å². The third-order valence-corrected chi connectivity index (χ3v) is 3.68. The molecule has 18 heavy (non-hydrogen) atoms. The van der Waals surface area contributed by atoms with Gasteiger partial charge in [0, 0.05) is 0 Å². The predicted octanol–water partition coefficient (Wildman–Crippen LogP) is 3.51. The molecule has 2 nitrogen and oxygen atoms in total. The van der Waals surface area contributed by atoms with Gasteiger partial charge in [-0.2, -0.15) is 0 Å². The van der Waals surface area contributed by atoms with Crippen LogP contribution in [0.1, 0.15) is 33.3 Å². The van der Waals surface area contributed by atoms with E-state index in [0.717, 1.165) is 25.3 Å². The van der Waals surface area contributed by atoms with Gasteiger partial charge in [-0.3, -0.25) is 0 Å². The summed E-state index contributed by atoms with van der Waals surface area (Å²) in [7, 11) is 1.70. The average molecular weight is 249 g/mol. The largest absolute Gasteiger partial charge is 0.497 e. The maximum Gasteiger partial charge on any atom is 0.118 e. The van der Waals surface area contributed by atoms with Gasteiger partial charge < -0.3 is 10.1 Å². The van der Waals surface area contributed by atoms with Crippen molar-refractivity contribution in [2.24, 2.45) is 11.3 Å². The second-order valence-electron chi connectivity index (χ2n) is 6.07. The molecule has 0 heterocycles. The average Bonchev–Trinajstić information content (AvgIpc) is 2.34. The van der Waals surface area contributed by atoms with Crippen molar-refractivity contribution in [1.29, 1.82) is 0 Å². The molecule has 0 aliphatic heterocycles. The van der Waals surface area contributed by atoms with E-state index in [-0.39, 0.29) is 0 Å². The minimum atomic E-state index is 0.382. The van der Waals surface area contributed by atoms with Gasteiger partial charge in [0.15, 0.2) is 0 Å². The number of rotatable bonds is 6. The standard InChI is InChI=1S/C16H27NO/c1-13(16(2,3)4)12-17-11-10-14-6-8-15(18-5)9-7-14/h6-9,13,17H,10-12H2,1-5H3. The van der Waals surface area contributed by atoms with Crippen molar-refractivity contribution < 1.29 is 4.74 Å². The normalized spacial score (nSPS) is 13.4. The highest BCUT2D eigenvalue weighted by atomic mass is 16.5. The zero-order chi connectivity index (χ0) is 13.6. The lowest BCUT2D eigenvalue weighted by molar-refractivity contribution is 0.253. The number of hydrogen-bond donors (Lipinski definition) is 1. The molecule has 0 saturated heterocycles. The minimum Gasteiger partial charge on any atom is -0.497 e. The number of ether oxygens (including phenoxy) is 1. The van der Waals surface area contributed by atoms with Crippen molar-refractivity contribution in [3.05, 3.63) is 29.8 Å². The van der Waals surface area contributed by atoms with Gasteiger partial charge in [-0.25, -0.2) is 0 Å². The van der Waals surface area contributed by atoms with Gasteiger partial charge >= 0.3 is 0 Å². The zero-order valence-electron chi connectivity index (χ0n) is 12.4. The first-order chi connectivity index (χ1) is 8.43. The van der Waals surface area contributed by atoms with Gasteiger partial charge in [-0.15, -0.1) is 0 Å². The lowest BCUT2D eigenvalue weighted by Gasteiger charge is -2.27. The summed E-state index contributed by atoms with van der Waals surface area (Å²) in [6.45, 7) is 11.3. The Hall–Kier alpha value is -1.02. The fourth-order valence-corrected chi connectivity index (χ4v) is 1.65. The maximum absolute atomic E-state index is 5.15. The highest BCUT2D eigenvalue weighted by Crippen LogP contribution is 2.24. The van der Waals surface area contributed by atoms with Gasteiger partial charge in [0.2, 0.25) is 0 Å². The third-order valence-electron chi connectivity index (χ3n) is 3.68. The van der Waals surface area contributed by atoms with Crippen LogP contribution >= 0.6 is 0 Å². The molecule has 0 aromatic heterocycles. The van der Waals surface area contributed by atoms with E-state index in [4.69, 9.17) is 4.74 Å². The Kier molecular flexibility index (Phi) is 5.67. The number of benzene rings is 1. The van der Waals surface area contributed by atoms with E-state index in [9.17, 15) is 0 Å². The minimum absolute atomic E-state index is 0.382. The van der Waals surface area contributed by atoms with Crippen molar-refractivity contribution >= 4 is 0 Å². The molecule has 1 aromatic rings. The first kappa shape index (κ1) is 15.0. The third kappa shape index (κ3) is 5.09. The van der Waals surface area contributed by atoms with Crippen molar-refractivity contribution in [1.82, 2.24) is 5.32 Å². The molecular weight excluding hydrogens is 222 g/mol. The summed E-state index contributed by atoms with van der Waals surface area (Å²) in [4.78, 5) is 0. The van der Waals surface area contributed by atoms with Crippen LogP contribution in [-0.2, 0) is 6.42 Å². The maximum atomic E-state index is 5.15. The van der Waals surface area contributed by atoms with Crippen molar-refractivity contribution in [2.45, 2.75) is 34.1 Å².